The number of imidazole rings is 1. The Bertz CT molecular complexity index is 940. The van der Waals surface area contributed by atoms with Gasteiger partial charge in [0.05, 0.1) is 16.6 Å². The normalized spacial score (nSPS) is 16.2. The maximum absolute atomic E-state index is 13.0. The van der Waals surface area contributed by atoms with Gasteiger partial charge in [-0.2, -0.15) is 13.2 Å². The lowest BCUT2D eigenvalue weighted by Crippen LogP contribution is -2.35. The minimum absolute atomic E-state index is 0.300. The molecular formula is C20H21F3N4. The van der Waals surface area contributed by atoms with Gasteiger partial charge in [0.1, 0.15) is 11.6 Å². The topological polar surface area (TPSA) is 34.0 Å². The average molecular weight is 374 g/mol. The number of nitrogens with zero attached hydrogens (tertiary/aromatic N) is 4. The minimum atomic E-state index is -4.35. The largest absolute Gasteiger partial charge is 0.416 e. The Balaban J connectivity index is 1.55. The monoisotopic (exact) mass is 374 g/mol. The number of piperidine rings is 1. The van der Waals surface area contributed by atoms with Gasteiger partial charge in [0.15, 0.2) is 0 Å². The van der Waals surface area contributed by atoms with Crippen LogP contribution in [-0.2, 0) is 12.6 Å². The molecule has 142 valence electrons. The van der Waals surface area contributed by atoms with E-state index in [0.717, 1.165) is 48.3 Å². The summed E-state index contributed by atoms with van der Waals surface area (Å²) in [4.78, 5) is 10.8. The van der Waals surface area contributed by atoms with Crippen molar-refractivity contribution in [2.75, 3.05) is 18.0 Å². The van der Waals surface area contributed by atoms with E-state index in [1.165, 1.54) is 6.20 Å². The second-order valence-electron chi connectivity index (χ2n) is 6.86. The summed E-state index contributed by atoms with van der Waals surface area (Å²) in [6.45, 7) is 3.45. The van der Waals surface area contributed by atoms with Gasteiger partial charge in [-0.05, 0) is 37.1 Å². The molecule has 0 aliphatic carbocycles. The van der Waals surface area contributed by atoms with Crippen molar-refractivity contribution in [1.82, 2.24) is 14.5 Å². The first kappa shape index (κ1) is 17.8. The molecule has 0 atom stereocenters. The molecule has 0 amide bonds. The van der Waals surface area contributed by atoms with Crippen LogP contribution in [0.1, 0.15) is 37.2 Å². The zero-order chi connectivity index (χ0) is 19.0. The van der Waals surface area contributed by atoms with Gasteiger partial charge in [0, 0.05) is 31.7 Å². The highest BCUT2D eigenvalue weighted by Gasteiger charge is 2.32. The number of hydrogen-bond donors (Lipinski definition) is 0. The molecule has 0 bridgehead atoms. The summed E-state index contributed by atoms with van der Waals surface area (Å²) in [6, 6.07) is 10.6. The Morgan fingerprint density at radius 1 is 1.11 bits per heavy atom. The Hall–Kier alpha value is -2.57. The number of anilines is 1. The highest BCUT2D eigenvalue weighted by atomic mass is 19.4. The van der Waals surface area contributed by atoms with Crippen molar-refractivity contribution in [3.63, 3.8) is 0 Å². The number of aryl methyl sites for hydroxylation is 1. The molecule has 0 saturated carbocycles. The van der Waals surface area contributed by atoms with E-state index >= 15 is 0 Å². The van der Waals surface area contributed by atoms with Crippen LogP contribution < -0.4 is 4.90 Å². The molecule has 0 N–H and O–H groups in total. The summed E-state index contributed by atoms with van der Waals surface area (Å²) in [5.74, 6) is 1.46. The van der Waals surface area contributed by atoms with E-state index in [0.29, 0.717) is 24.9 Å². The lowest BCUT2D eigenvalue weighted by molar-refractivity contribution is -0.137. The zero-order valence-electron chi connectivity index (χ0n) is 15.1. The van der Waals surface area contributed by atoms with Gasteiger partial charge >= 0.3 is 6.18 Å². The first-order chi connectivity index (χ1) is 13.0. The van der Waals surface area contributed by atoms with Crippen molar-refractivity contribution < 1.29 is 13.2 Å². The van der Waals surface area contributed by atoms with Crippen molar-refractivity contribution in [2.45, 2.75) is 38.4 Å². The standard InChI is InChI=1S/C20H21F3N4/c1-2-18-25-16-5-3-4-6-17(16)27(18)15-8-11-26(12-9-15)19-13-14(7-10-24-19)20(21,22)23/h3-7,10,13,15H,2,8-9,11-12H2,1H3. The average Bonchev–Trinajstić information content (AvgIpc) is 3.06. The van der Waals surface area contributed by atoms with E-state index in [9.17, 15) is 13.2 Å². The summed E-state index contributed by atoms with van der Waals surface area (Å²) in [6.07, 6.45) is -0.550. The number of alkyl halides is 3. The number of fused-ring (bicyclic) bond motifs is 1. The molecule has 7 heteroatoms. The molecule has 2 aromatic heterocycles. The van der Waals surface area contributed by atoms with Gasteiger partial charge < -0.3 is 9.47 Å². The lowest BCUT2D eigenvalue weighted by atomic mass is 10.0. The second-order valence-corrected chi connectivity index (χ2v) is 6.86. The third-order valence-electron chi connectivity index (χ3n) is 5.21. The number of aromatic nitrogens is 3. The molecule has 0 unspecified atom stereocenters. The fourth-order valence-electron chi connectivity index (χ4n) is 3.87. The molecule has 3 aromatic rings. The van der Waals surface area contributed by atoms with Crippen molar-refractivity contribution >= 4 is 16.9 Å². The molecule has 0 spiro atoms. The molecule has 0 radical (unpaired) electrons. The highest BCUT2D eigenvalue weighted by Crippen LogP contribution is 2.33. The van der Waals surface area contributed by atoms with E-state index < -0.39 is 11.7 Å². The molecule has 1 fully saturated rings. The molecule has 27 heavy (non-hydrogen) atoms. The van der Waals surface area contributed by atoms with Crippen LogP contribution in [0.4, 0.5) is 19.0 Å². The first-order valence-corrected chi connectivity index (χ1v) is 9.21. The molecular weight excluding hydrogens is 353 g/mol. The van der Waals surface area contributed by atoms with E-state index in [2.05, 4.69) is 22.5 Å². The van der Waals surface area contributed by atoms with Crippen molar-refractivity contribution in [3.05, 3.63) is 54.0 Å². The first-order valence-electron chi connectivity index (χ1n) is 9.21. The van der Waals surface area contributed by atoms with Crippen molar-refractivity contribution in [1.29, 1.82) is 0 Å². The van der Waals surface area contributed by atoms with Crippen LogP contribution in [-0.4, -0.2) is 27.6 Å². The molecule has 3 heterocycles. The van der Waals surface area contributed by atoms with Crippen LogP contribution >= 0.6 is 0 Å². The minimum Gasteiger partial charge on any atom is -0.356 e. The number of pyridine rings is 1. The van der Waals surface area contributed by atoms with E-state index in [4.69, 9.17) is 4.98 Å². The van der Waals surface area contributed by atoms with E-state index in [-0.39, 0.29) is 0 Å². The molecule has 4 nitrogen and oxygen atoms in total. The smallest absolute Gasteiger partial charge is 0.356 e. The van der Waals surface area contributed by atoms with Crippen molar-refractivity contribution in [2.24, 2.45) is 0 Å². The van der Waals surface area contributed by atoms with Crippen LogP contribution in [0.25, 0.3) is 11.0 Å². The fraction of sp³-hybridized carbons (Fsp3) is 0.400. The maximum Gasteiger partial charge on any atom is 0.416 e. The summed E-state index contributed by atoms with van der Waals surface area (Å²) in [7, 11) is 0. The van der Waals surface area contributed by atoms with Gasteiger partial charge in [0.2, 0.25) is 0 Å². The van der Waals surface area contributed by atoms with Gasteiger partial charge in [-0.1, -0.05) is 19.1 Å². The third kappa shape index (κ3) is 3.38. The second kappa shape index (κ2) is 6.87. The van der Waals surface area contributed by atoms with E-state index in [1.807, 2.05) is 23.1 Å². The quantitative estimate of drug-likeness (QED) is 0.657. The highest BCUT2D eigenvalue weighted by molar-refractivity contribution is 5.76. The summed E-state index contributed by atoms with van der Waals surface area (Å²) >= 11 is 0. The van der Waals surface area contributed by atoms with Crippen LogP contribution in [0, 0.1) is 0 Å². The zero-order valence-corrected chi connectivity index (χ0v) is 15.1. The Morgan fingerprint density at radius 3 is 2.56 bits per heavy atom. The van der Waals surface area contributed by atoms with Gasteiger partial charge in [-0.3, -0.25) is 0 Å². The predicted octanol–water partition coefficient (Wildman–Crippen LogP) is 4.85. The number of benzene rings is 1. The lowest BCUT2D eigenvalue weighted by Gasteiger charge is -2.34. The van der Waals surface area contributed by atoms with Crippen LogP contribution in [0.5, 0.6) is 0 Å². The molecule has 1 aliphatic rings. The predicted molar refractivity (Wildman–Crippen MR) is 98.8 cm³/mol. The number of para-hydroxylation sites is 2. The van der Waals surface area contributed by atoms with Crippen LogP contribution in [0.3, 0.4) is 0 Å². The number of hydrogen-bond acceptors (Lipinski definition) is 3. The Labute approximate surface area is 155 Å². The van der Waals surface area contributed by atoms with Gasteiger partial charge in [-0.15, -0.1) is 0 Å². The maximum atomic E-state index is 13.0. The van der Waals surface area contributed by atoms with Crippen LogP contribution in [0.15, 0.2) is 42.6 Å². The molecule has 1 aliphatic heterocycles. The number of halogens is 3. The molecule has 1 saturated heterocycles. The van der Waals surface area contributed by atoms with Crippen molar-refractivity contribution in [3.8, 4) is 0 Å². The molecule has 4 rings (SSSR count). The Kier molecular flexibility index (Phi) is 4.53. The fourth-order valence-corrected chi connectivity index (χ4v) is 3.87. The van der Waals surface area contributed by atoms with E-state index in [1.54, 1.807) is 0 Å². The molecule has 1 aromatic carbocycles. The third-order valence-corrected chi connectivity index (χ3v) is 5.21. The summed E-state index contributed by atoms with van der Waals surface area (Å²) in [5, 5.41) is 0. The SMILES string of the molecule is CCc1nc2ccccc2n1C1CCN(c2cc(C(F)(F)F)ccn2)CC1. The van der Waals surface area contributed by atoms with Gasteiger partial charge in [0.25, 0.3) is 0 Å². The summed E-state index contributed by atoms with van der Waals surface area (Å²) in [5.41, 5.74) is 1.48. The van der Waals surface area contributed by atoms with Gasteiger partial charge in [-0.25, -0.2) is 9.97 Å². The van der Waals surface area contributed by atoms with Crippen LogP contribution in [0.2, 0.25) is 0 Å². The Morgan fingerprint density at radius 2 is 1.85 bits per heavy atom. The number of rotatable bonds is 3. The summed E-state index contributed by atoms with van der Waals surface area (Å²) < 4.78 is 41.2.